The summed E-state index contributed by atoms with van der Waals surface area (Å²) in [6, 6.07) is 16.5. The Labute approximate surface area is 149 Å². The van der Waals surface area contributed by atoms with Crippen LogP contribution in [0.15, 0.2) is 64.6 Å². The lowest BCUT2D eigenvalue weighted by molar-refractivity contribution is 0.104. The van der Waals surface area contributed by atoms with Gasteiger partial charge in [0.2, 0.25) is 0 Å². The zero-order chi connectivity index (χ0) is 16.7. The third kappa shape index (κ3) is 2.68. The highest BCUT2D eigenvalue weighted by atomic mass is 35.5. The van der Waals surface area contributed by atoms with Gasteiger partial charge in [-0.15, -0.1) is 0 Å². The molecular weight excluding hydrogens is 343 g/mol. The van der Waals surface area contributed by atoms with Gasteiger partial charge in [-0.25, -0.2) is 0 Å². The van der Waals surface area contributed by atoms with E-state index in [2.05, 4.69) is 0 Å². The fraction of sp³-hybridized carbons (Fsp3) is 0.0500. The molecule has 0 amide bonds. The number of allylic oxidation sites excluding steroid dienone is 1. The highest BCUT2D eigenvalue weighted by molar-refractivity contribution is 6.35. The number of Topliss-reactive ketones (excluding diaryl/α,β-unsaturated/α-hetero) is 1. The lowest BCUT2D eigenvalue weighted by Gasteiger charge is -2.01. The number of benzene rings is 2. The summed E-state index contributed by atoms with van der Waals surface area (Å²) in [7, 11) is 0. The summed E-state index contributed by atoms with van der Waals surface area (Å²) >= 11 is 12.2. The molecule has 0 bridgehead atoms. The van der Waals surface area contributed by atoms with Crippen LogP contribution in [-0.2, 0) is 6.42 Å². The van der Waals surface area contributed by atoms with Gasteiger partial charge in [0, 0.05) is 28.1 Å². The Morgan fingerprint density at radius 3 is 2.62 bits per heavy atom. The molecule has 3 aromatic rings. The van der Waals surface area contributed by atoms with Crippen LogP contribution in [0.5, 0.6) is 0 Å². The van der Waals surface area contributed by atoms with Crippen LogP contribution >= 0.6 is 23.2 Å². The molecule has 1 aliphatic rings. The van der Waals surface area contributed by atoms with E-state index in [0.29, 0.717) is 28.0 Å². The largest absolute Gasteiger partial charge is 0.457 e. The van der Waals surface area contributed by atoms with Crippen LogP contribution < -0.4 is 0 Å². The molecule has 118 valence electrons. The number of ketones is 1. The van der Waals surface area contributed by atoms with E-state index in [0.717, 1.165) is 22.3 Å². The van der Waals surface area contributed by atoms with Crippen molar-refractivity contribution >= 4 is 35.1 Å². The third-order valence-electron chi connectivity index (χ3n) is 4.07. The maximum absolute atomic E-state index is 12.4. The van der Waals surface area contributed by atoms with E-state index in [1.807, 2.05) is 36.4 Å². The summed E-state index contributed by atoms with van der Waals surface area (Å²) in [5.41, 5.74) is 3.29. The fourth-order valence-electron chi connectivity index (χ4n) is 2.90. The number of hydrogen-bond acceptors (Lipinski definition) is 2. The second-order valence-corrected chi connectivity index (χ2v) is 6.50. The van der Waals surface area contributed by atoms with Gasteiger partial charge >= 0.3 is 0 Å². The van der Waals surface area contributed by atoms with Crippen molar-refractivity contribution in [2.24, 2.45) is 0 Å². The highest BCUT2D eigenvalue weighted by Crippen LogP contribution is 2.33. The maximum atomic E-state index is 12.4. The lowest BCUT2D eigenvalue weighted by Crippen LogP contribution is -1.94. The maximum Gasteiger partial charge on any atom is 0.189 e. The van der Waals surface area contributed by atoms with Gasteiger partial charge in [0.1, 0.15) is 11.5 Å². The van der Waals surface area contributed by atoms with E-state index in [1.54, 1.807) is 24.3 Å². The van der Waals surface area contributed by atoms with Gasteiger partial charge in [0.15, 0.2) is 5.78 Å². The number of furan rings is 1. The van der Waals surface area contributed by atoms with E-state index in [9.17, 15) is 4.79 Å². The first-order chi connectivity index (χ1) is 11.6. The first kappa shape index (κ1) is 15.3. The Kier molecular flexibility index (Phi) is 3.79. The van der Waals surface area contributed by atoms with E-state index >= 15 is 0 Å². The van der Waals surface area contributed by atoms with Gasteiger partial charge in [-0.2, -0.15) is 0 Å². The molecule has 0 atom stereocenters. The minimum Gasteiger partial charge on any atom is -0.457 e. The monoisotopic (exact) mass is 354 g/mol. The van der Waals surface area contributed by atoms with E-state index in [1.165, 1.54) is 0 Å². The normalized spacial score (nSPS) is 15.1. The molecule has 2 aromatic carbocycles. The van der Waals surface area contributed by atoms with Crippen molar-refractivity contribution in [3.8, 4) is 11.3 Å². The van der Waals surface area contributed by atoms with Gasteiger partial charge in [-0.3, -0.25) is 4.79 Å². The highest BCUT2D eigenvalue weighted by Gasteiger charge is 2.24. The number of rotatable bonds is 2. The lowest BCUT2D eigenvalue weighted by atomic mass is 10.1. The minimum atomic E-state index is 0.0596. The summed E-state index contributed by atoms with van der Waals surface area (Å²) in [4.78, 5) is 12.4. The molecule has 0 saturated heterocycles. The zero-order valence-corrected chi connectivity index (χ0v) is 14.1. The summed E-state index contributed by atoms with van der Waals surface area (Å²) in [6.07, 6.45) is 2.42. The third-order valence-corrected chi connectivity index (χ3v) is 4.64. The first-order valence-corrected chi connectivity index (χ1v) is 8.26. The van der Waals surface area contributed by atoms with E-state index in [-0.39, 0.29) is 5.78 Å². The Morgan fingerprint density at radius 2 is 1.79 bits per heavy atom. The van der Waals surface area contributed by atoms with Crippen molar-refractivity contribution in [2.75, 3.05) is 0 Å². The van der Waals surface area contributed by atoms with Crippen LogP contribution in [0.25, 0.3) is 17.4 Å². The Bertz CT molecular complexity index is 983. The molecule has 24 heavy (non-hydrogen) atoms. The molecule has 1 aromatic heterocycles. The van der Waals surface area contributed by atoms with Crippen molar-refractivity contribution in [1.82, 2.24) is 0 Å². The van der Waals surface area contributed by atoms with E-state index in [4.69, 9.17) is 27.6 Å². The topological polar surface area (TPSA) is 30.2 Å². The molecule has 0 saturated carbocycles. The zero-order valence-electron chi connectivity index (χ0n) is 12.6. The first-order valence-electron chi connectivity index (χ1n) is 7.50. The van der Waals surface area contributed by atoms with Gasteiger partial charge in [0.05, 0.1) is 5.02 Å². The van der Waals surface area contributed by atoms with Crippen LogP contribution in [0.1, 0.15) is 21.7 Å². The molecule has 4 rings (SSSR count). The molecule has 2 nitrogen and oxygen atoms in total. The van der Waals surface area contributed by atoms with Gasteiger partial charge < -0.3 is 4.42 Å². The van der Waals surface area contributed by atoms with Crippen molar-refractivity contribution in [3.63, 3.8) is 0 Å². The Balaban J connectivity index is 1.67. The number of carbonyl (C=O) groups is 1. The van der Waals surface area contributed by atoms with Crippen LogP contribution in [0.3, 0.4) is 0 Å². The van der Waals surface area contributed by atoms with Crippen LogP contribution in [-0.4, -0.2) is 5.78 Å². The summed E-state index contributed by atoms with van der Waals surface area (Å²) < 4.78 is 5.84. The number of fused-ring (bicyclic) bond motifs is 1. The van der Waals surface area contributed by atoms with Crippen LogP contribution in [0.2, 0.25) is 10.0 Å². The average molecular weight is 355 g/mol. The standard InChI is InChI=1S/C20H12Cl2O2/c21-14-5-7-18(22)17(11-14)19-8-6-15(24-19)10-13-9-12-3-1-2-4-16(12)20(13)23/h1-8,10-11H,9H2/b13-10-. The average Bonchev–Trinajstić information content (AvgIpc) is 3.16. The number of halogens is 2. The molecule has 0 spiro atoms. The molecule has 4 heteroatoms. The van der Waals surface area contributed by atoms with Crippen molar-refractivity contribution in [2.45, 2.75) is 6.42 Å². The van der Waals surface area contributed by atoms with Crippen molar-refractivity contribution in [3.05, 3.63) is 87.1 Å². The second kappa shape index (κ2) is 5.97. The van der Waals surface area contributed by atoms with Crippen LogP contribution in [0, 0.1) is 0 Å². The summed E-state index contributed by atoms with van der Waals surface area (Å²) in [5.74, 6) is 1.30. The number of hydrogen-bond donors (Lipinski definition) is 0. The summed E-state index contributed by atoms with van der Waals surface area (Å²) in [5, 5.41) is 1.16. The SMILES string of the molecule is O=C1/C(=C\c2ccc(-c3cc(Cl)ccc3Cl)o2)Cc2ccccc21. The van der Waals surface area contributed by atoms with Crippen molar-refractivity contribution in [1.29, 1.82) is 0 Å². The fourth-order valence-corrected chi connectivity index (χ4v) is 3.29. The quantitative estimate of drug-likeness (QED) is 0.522. The predicted molar refractivity (Wildman–Crippen MR) is 96.6 cm³/mol. The van der Waals surface area contributed by atoms with Gasteiger partial charge in [-0.1, -0.05) is 47.5 Å². The summed E-state index contributed by atoms with van der Waals surface area (Å²) in [6.45, 7) is 0. The van der Waals surface area contributed by atoms with Gasteiger partial charge in [-0.05, 0) is 42.0 Å². The van der Waals surface area contributed by atoms with E-state index < -0.39 is 0 Å². The molecule has 1 aliphatic carbocycles. The van der Waals surface area contributed by atoms with Gasteiger partial charge in [0.25, 0.3) is 0 Å². The molecule has 1 heterocycles. The number of carbonyl (C=O) groups excluding carboxylic acids is 1. The molecule has 0 unspecified atom stereocenters. The predicted octanol–water partition coefficient (Wildman–Crippen LogP) is 6.08. The Morgan fingerprint density at radius 1 is 0.958 bits per heavy atom. The molecule has 0 fully saturated rings. The van der Waals surface area contributed by atoms with Crippen LogP contribution in [0.4, 0.5) is 0 Å². The van der Waals surface area contributed by atoms with Crippen molar-refractivity contribution < 1.29 is 9.21 Å². The smallest absolute Gasteiger partial charge is 0.189 e. The molecule has 0 radical (unpaired) electrons. The second-order valence-electron chi connectivity index (χ2n) is 5.66. The minimum absolute atomic E-state index is 0.0596. The molecule has 0 N–H and O–H groups in total. The molecular formula is C20H12Cl2O2. The Hall–Kier alpha value is -2.29. The molecule has 0 aliphatic heterocycles.